The number of benzene rings is 1. The van der Waals surface area contributed by atoms with E-state index < -0.39 is 12.3 Å². The number of halogens is 1. The van der Waals surface area contributed by atoms with Crippen molar-refractivity contribution in [2.75, 3.05) is 6.54 Å². The van der Waals surface area contributed by atoms with E-state index >= 15 is 0 Å². The fourth-order valence-corrected chi connectivity index (χ4v) is 1.21. The quantitative estimate of drug-likeness (QED) is 0.689. The van der Waals surface area contributed by atoms with E-state index in [2.05, 4.69) is 0 Å². The number of aliphatic hydroxyl groups is 1. The molecular formula is C10H14FNO2. The lowest BCUT2D eigenvalue weighted by Crippen LogP contribution is -2.12. The highest BCUT2D eigenvalue weighted by Gasteiger charge is 2.13. The molecule has 2 atom stereocenters. The van der Waals surface area contributed by atoms with Gasteiger partial charge >= 0.3 is 0 Å². The van der Waals surface area contributed by atoms with Gasteiger partial charge in [0.05, 0.1) is 6.10 Å². The van der Waals surface area contributed by atoms with Crippen molar-refractivity contribution >= 4 is 0 Å². The lowest BCUT2D eigenvalue weighted by atomic mass is 10.0. The number of rotatable bonds is 3. The molecule has 0 saturated heterocycles. The molecule has 0 aromatic heterocycles. The van der Waals surface area contributed by atoms with Gasteiger partial charge in [0.1, 0.15) is 11.9 Å². The summed E-state index contributed by atoms with van der Waals surface area (Å²) >= 11 is 0. The maximum Gasteiger partial charge on any atom is 0.122 e. The number of alkyl halides is 1. The number of aliphatic hydroxyl groups excluding tert-OH is 1. The average molecular weight is 199 g/mol. The van der Waals surface area contributed by atoms with Crippen LogP contribution in [0.2, 0.25) is 0 Å². The van der Waals surface area contributed by atoms with Crippen molar-refractivity contribution < 1.29 is 14.6 Å². The Morgan fingerprint density at radius 1 is 1.50 bits per heavy atom. The standard InChI is InChI=1S/C10H14FNO2/c1-6(11)7-2-3-9(13)8(4-7)10(14)5-12/h2-4,6,10,13-14H,5,12H2,1H3. The summed E-state index contributed by atoms with van der Waals surface area (Å²) in [6, 6.07) is 4.27. The lowest BCUT2D eigenvalue weighted by molar-refractivity contribution is 0.182. The molecular weight excluding hydrogens is 185 g/mol. The van der Waals surface area contributed by atoms with Crippen LogP contribution in [0.3, 0.4) is 0 Å². The zero-order valence-corrected chi connectivity index (χ0v) is 7.94. The van der Waals surface area contributed by atoms with E-state index in [-0.39, 0.29) is 17.9 Å². The molecule has 1 aromatic carbocycles. The van der Waals surface area contributed by atoms with Gasteiger partial charge in [0, 0.05) is 12.1 Å². The van der Waals surface area contributed by atoms with Gasteiger partial charge in [0.25, 0.3) is 0 Å². The molecule has 0 radical (unpaired) electrons. The molecule has 0 aliphatic heterocycles. The molecule has 2 unspecified atom stereocenters. The zero-order valence-electron chi connectivity index (χ0n) is 7.94. The van der Waals surface area contributed by atoms with E-state index in [1.807, 2.05) is 0 Å². The average Bonchev–Trinajstić information content (AvgIpc) is 2.17. The molecule has 0 saturated carbocycles. The third kappa shape index (κ3) is 2.21. The van der Waals surface area contributed by atoms with Gasteiger partial charge in [-0.3, -0.25) is 0 Å². The van der Waals surface area contributed by atoms with E-state index in [0.717, 1.165) is 0 Å². The van der Waals surface area contributed by atoms with Gasteiger partial charge in [-0.25, -0.2) is 4.39 Å². The minimum atomic E-state index is -1.13. The van der Waals surface area contributed by atoms with Crippen molar-refractivity contribution in [2.24, 2.45) is 5.73 Å². The molecule has 0 amide bonds. The van der Waals surface area contributed by atoms with Crippen molar-refractivity contribution in [2.45, 2.75) is 19.2 Å². The summed E-state index contributed by atoms with van der Waals surface area (Å²) in [4.78, 5) is 0. The number of hydrogen-bond donors (Lipinski definition) is 3. The summed E-state index contributed by atoms with van der Waals surface area (Å²) in [5.74, 6) is -0.0626. The Morgan fingerprint density at radius 3 is 2.64 bits per heavy atom. The molecule has 0 aliphatic rings. The molecule has 0 fully saturated rings. The zero-order chi connectivity index (χ0) is 10.7. The predicted octanol–water partition coefficient (Wildman–Crippen LogP) is 1.41. The minimum Gasteiger partial charge on any atom is -0.508 e. The molecule has 1 rings (SSSR count). The smallest absolute Gasteiger partial charge is 0.122 e. The first-order valence-electron chi connectivity index (χ1n) is 4.41. The summed E-state index contributed by atoms with van der Waals surface area (Å²) in [5.41, 5.74) is 5.94. The van der Waals surface area contributed by atoms with Crippen molar-refractivity contribution in [3.8, 4) is 5.75 Å². The van der Waals surface area contributed by atoms with Gasteiger partial charge in [-0.2, -0.15) is 0 Å². The normalized spacial score (nSPS) is 15.1. The topological polar surface area (TPSA) is 66.5 Å². The van der Waals surface area contributed by atoms with E-state index in [4.69, 9.17) is 5.73 Å². The fourth-order valence-electron chi connectivity index (χ4n) is 1.21. The maximum atomic E-state index is 12.9. The van der Waals surface area contributed by atoms with Crippen LogP contribution in [0.15, 0.2) is 18.2 Å². The van der Waals surface area contributed by atoms with Crippen LogP contribution in [0, 0.1) is 0 Å². The van der Waals surface area contributed by atoms with Crippen LogP contribution in [0.5, 0.6) is 5.75 Å². The van der Waals surface area contributed by atoms with E-state index in [0.29, 0.717) is 5.56 Å². The summed E-state index contributed by atoms with van der Waals surface area (Å²) < 4.78 is 12.9. The van der Waals surface area contributed by atoms with Crippen molar-refractivity contribution in [3.05, 3.63) is 29.3 Å². The van der Waals surface area contributed by atoms with Crippen molar-refractivity contribution in [3.63, 3.8) is 0 Å². The van der Waals surface area contributed by atoms with Crippen LogP contribution in [0.25, 0.3) is 0 Å². The number of hydrogen-bond acceptors (Lipinski definition) is 3. The Balaban J connectivity index is 3.08. The van der Waals surface area contributed by atoms with Gasteiger partial charge in [0.2, 0.25) is 0 Å². The van der Waals surface area contributed by atoms with Crippen LogP contribution in [-0.4, -0.2) is 16.8 Å². The first-order valence-corrected chi connectivity index (χ1v) is 4.41. The number of phenolic OH excluding ortho intramolecular Hbond substituents is 1. The second kappa shape index (κ2) is 4.39. The van der Waals surface area contributed by atoms with Crippen LogP contribution in [-0.2, 0) is 0 Å². The third-order valence-electron chi connectivity index (χ3n) is 2.09. The molecule has 0 bridgehead atoms. The van der Waals surface area contributed by atoms with Gasteiger partial charge in [-0.05, 0) is 24.6 Å². The van der Waals surface area contributed by atoms with Crippen molar-refractivity contribution in [1.29, 1.82) is 0 Å². The Labute approximate surface area is 82.0 Å². The second-order valence-corrected chi connectivity index (χ2v) is 3.19. The Kier molecular flexibility index (Phi) is 3.43. The van der Waals surface area contributed by atoms with E-state index in [9.17, 15) is 14.6 Å². The first-order chi connectivity index (χ1) is 6.56. The molecule has 0 spiro atoms. The van der Waals surface area contributed by atoms with E-state index in [1.54, 1.807) is 0 Å². The lowest BCUT2D eigenvalue weighted by Gasteiger charge is -2.12. The highest BCUT2D eigenvalue weighted by molar-refractivity contribution is 5.38. The van der Waals surface area contributed by atoms with E-state index in [1.165, 1.54) is 25.1 Å². The van der Waals surface area contributed by atoms with Gasteiger partial charge in [-0.1, -0.05) is 6.07 Å². The van der Waals surface area contributed by atoms with Gasteiger partial charge < -0.3 is 15.9 Å². The molecule has 4 heteroatoms. The second-order valence-electron chi connectivity index (χ2n) is 3.19. The highest BCUT2D eigenvalue weighted by Crippen LogP contribution is 2.28. The predicted molar refractivity (Wildman–Crippen MR) is 51.6 cm³/mol. The summed E-state index contributed by atoms with van der Waals surface area (Å²) in [7, 11) is 0. The van der Waals surface area contributed by atoms with Crippen LogP contribution in [0.1, 0.15) is 30.3 Å². The summed E-state index contributed by atoms with van der Waals surface area (Å²) in [6.45, 7) is 1.39. The third-order valence-corrected chi connectivity index (χ3v) is 2.09. The maximum absolute atomic E-state index is 12.9. The van der Waals surface area contributed by atoms with Gasteiger partial charge in [0.15, 0.2) is 0 Å². The first kappa shape index (κ1) is 10.9. The molecule has 4 N–H and O–H groups in total. The number of phenols is 1. The number of aromatic hydroxyl groups is 1. The van der Waals surface area contributed by atoms with Crippen LogP contribution >= 0.6 is 0 Å². The molecule has 0 aliphatic carbocycles. The monoisotopic (exact) mass is 199 g/mol. The summed E-state index contributed by atoms with van der Waals surface area (Å²) in [6.07, 6.45) is -2.08. The Hall–Kier alpha value is -1.13. The molecule has 0 heterocycles. The van der Waals surface area contributed by atoms with Gasteiger partial charge in [-0.15, -0.1) is 0 Å². The van der Waals surface area contributed by atoms with Crippen LogP contribution < -0.4 is 5.73 Å². The number of nitrogens with two attached hydrogens (primary N) is 1. The highest BCUT2D eigenvalue weighted by atomic mass is 19.1. The molecule has 78 valence electrons. The molecule has 14 heavy (non-hydrogen) atoms. The summed E-state index contributed by atoms with van der Waals surface area (Å²) in [5, 5.41) is 18.8. The Bertz CT molecular complexity index is 315. The molecule has 3 nitrogen and oxygen atoms in total. The minimum absolute atomic E-state index is 0.00230. The Morgan fingerprint density at radius 2 is 2.14 bits per heavy atom. The van der Waals surface area contributed by atoms with Crippen molar-refractivity contribution in [1.82, 2.24) is 0 Å². The SMILES string of the molecule is CC(F)c1ccc(O)c(C(O)CN)c1. The molecule has 1 aromatic rings. The van der Waals surface area contributed by atoms with Crippen LogP contribution in [0.4, 0.5) is 4.39 Å². The fraction of sp³-hybridized carbons (Fsp3) is 0.400. The largest absolute Gasteiger partial charge is 0.508 e.